The second-order valence-electron chi connectivity index (χ2n) is 21.1. The number of hydrogen-bond donors (Lipinski definition) is 0. The molecule has 0 aromatic rings. The van der Waals surface area contributed by atoms with Crippen LogP contribution in [0.4, 0.5) is 4.79 Å². The van der Waals surface area contributed by atoms with Crippen molar-refractivity contribution < 1.29 is 41.8 Å². The van der Waals surface area contributed by atoms with E-state index in [9.17, 15) is 9.59 Å². The standard InChI is InChI=1S/C54H102N2O9Si3/c1-17-47(64-67(21-5,22-6)23-7)45(14)52-49(60-52)41-54(15,65-68(24-8,25-9)26-10)33-27-28-43(12)51-44(13)30-32-48(61-53(58)55(16)34-35-56-36-38-59-39-37-56)42(11)29-31-46(40-50(57)62-51)63-66(18-2,19-3)20-4/h27-28,30,32-33,42,44-49,51-52H,17-26,29,31,34-41H2,1-16H3. The molecule has 10 atom stereocenters. The molecule has 0 aromatic carbocycles. The molecule has 1 amide bonds. The summed E-state index contributed by atoms with van der Waals surface area (Å²) in [7, 11) is -4.04. The molecule has 0 aromatic heterocycles. The zero-order valence-corrected chi connectivity index (χ0v) is 49.3. The van der Waals surface area contributed by atoms with Gasteiger partial charge in [-0.25, -0.2) is 4.79 Å². The SMILES string of the molecule is CCC(O[Si](CC)(CC)CC)C(C)C1OC1CC(C)(C=CC=C(C)C1OC(=O)CC(O[Si](CC)(CC)CC)CCC(C)C(OC(=O)N(C)CCN2CCOCC2)C=CC1C)O[Si](CC)(CC)CC. The van der Waals surface area contributed by atoms with Gasteiger partial charge in [-0.3, -0.25) is 9.69 Å². The van der Waals surface area contributed by atoms with Crippen LogP contribution >= 0.6 is 0 Å². The van der Waals surface area contributed by atoms with Gasteiger partial charge in [-0.1, -0.05) is 114 Å². The molecule has 3 heterocycles. The summed E-state index contributed by atoms with van der Waals surface area (Å²) < 4.78 is 46.4. The fraction of sp³-hybridized carbons (Fsp3) is 0.852. The molecular weight excluding hydrogens is 905 g/mol. The third-order valence-electron chi connectivity index (χ3n) is 16.7. The van der Waals surface area contributed by atoms with Crippen LogP contribution in [0.25, 0.3) is 0 Å². The summed E-state index contributed by atoms with van der Waals surface area (Å²) in [6.45, 7) is 38.1. The van der Waals surface area contributed by atoms with E-state index < -0.39 is 42.8 Å². The van der Waals surface area contributed by atoms with Gasteiger partial charge in [0, 0.05) is 57.6 Å². The van der Waals surface area contributed by atoms with E-state index in [-0.39, 0.29) is 54.7 Å². The smallest absolute Gasteiger partial charge is 0.410 e. The number of nitrogens with zero attached hydrogens (tertiary/aromatic N) is 2. The average Bonchev–Trinajstić information content (AvgIpc) is 4.12. The molecule has 68 heavy (non-hydrogen) atoms. The van der Waals surface area contributed by atoms with Crippen LogP contribution in [0.1, 0.15) is 136 Å². The maximum Gasteiger partial charge on any atom is 0.410 e. The molecule has 0 radical (unpaired) electrons. The van der Waals surface area contributed by atoms with Gasteiger partial charge in [0.15, 0.2) is 25.0 Å². The fourth-order valence-corrected chi connectivity index (χ4v) is 19.7. The lowest BCUT2D eigenvalue weighted by atomic mass is 9.91. The largest absolute Gasteiger partial charge is 0.457 e. The summed E-state index contributed by atoms with van der Waals surface area (Å²) in [5.41, 5.74) is 0.391. The number of cyclic esters (lactones) is 1. The van der Waals surface area contributed by atoms with Gasteiger partial charge in [-0.05, 0) is 105 Å². The molecule has 3 aliphatic heterocycles. The summed E-state index contributed by atoms with van der Waals surface area (Å²) in [5.74, 6) is -0.124. The average molecular weight is 1010 g/mol. The quantitative estimate of drug-likeness (QED) is 0.0259. The molecule has 11 nitrogen and oxygen atoms in total. The molecule has 2 saturated heterocycles. The Morgan fingerprint density at radius 2 is 1.47 bits per heavy atom. The second kappa shape index (κ2) is 29.2. The number of amides is 1. The van der Waals surface area contributed by atoms with Crippen LogP contribution in [0.5, 0.6) is 0 Å². The number of morpholine rings is 1. The molecule has 3 aliphatic rings. The summed E-state index contributed by atoms with van der Waals surface area (Å²) in [6.07, 6.45) is 12.8. The van der Waals surface area contributed by atoms with Crippen molar-refractivity contribution in [2.45, 2.75) is 233 Å². The van der Waals surface area contributed by atoms with Crippen molar-refractivity contribution >= 4 is 37.0 Å². The van der Waals surface area contributed by atoms with Crippen LogP contribution in [0.15, 0.2) is 36.0 Å². The van der Waals surface area contributed by atoms with Crippen LogP contribution in [0.3, 0.4) is 0 Å². The minimum absolute atomic E-state index is 0.0103. The summed E-state index contributed by atoms with van der Waals surface area (Å²) in [6, 6.07) is 9.58. The molecule has 0 saturated carbocycles. The number of carbonyl (C=O) groups excluding carboxylic acids is 2. The van der Waals surface area contributed by atoms with E-state index in [1.165, 1.54) is 0 Å². The molecule has 0 aliphatic carbocycles. The van der Waals surface area contributed by atoms with Crippen LogP contribution in [0, 0.1) is 17.8 Å². The van der Waals surface area contributed by atoms with E-state index >= 15 is 0 Å². The maximum absolute atomic E-state index is 14.1. The molecule has 0 N–H and O–H groups in total. The lowest BCUT2D eigenvalue weighted by Crippen LogP contribution is -2.46. The zero-order chi connectivity index (χ0) is 50.7. The number of epoxide rings is 1. The molecule has 0 spiro atoms. The van der Waals surface area contributed by atoms with Crippen LogP contribution in [-0.4, -0.2) is 135 Å². The normalized spacial score (nSPS) is 26.9. The summed E-state index contributed by atoms with van der Waals surface area (Å²) in [5, 5.41) is 0. The topological polar surface area (TPSA) is 109 Å². The highest BCUT2D eigenvalue weighted by molar-refractivity contribution is 6.74. The predicted octanol–water partition coefficient (Wildman–Crippen LogP) is 12.9. The highest BCUT2D eigenvalue weighted by Crippen LogP contribution is 2.42. The van der Waals surface area contributed by atoms with Crippen molar-refractivity contribution in [1.82, 2.24) is 9.80 Å². The van der Waals surface area contributed by atoms with Crippen LogP contribution in [0.2, 0.25) is 54.4 Å². The Balaban J connectivity index is 1.96. The molecule has 2 fully saturated rings. The van der Waals surface area contributed by atoms with E-state index in [2.05, 4.69) is 133 Å². The molecule has 394 valence electrons. The van der Waals surface area contributed by atoms with E-state index in [1.807, 2.05) is 13.1 Å². The van der Waals surface area contributed by atoms with Gasteiger partial charge >= 0.3 is 12.1 Å². The monoisotopic (exact) mass is 1010 g/mol. The lowest BCUT2D eigenvalue weighted by Gasteiger charge is -2.39. The van der Waals surface area contributed by atoms with Gasteiger partial charge in [0.1, 0.15) is 12.2 Å². The number of likely N-dealkylation sites (N-methyl/N-ethyl adjacent to an activating group) is 1. The Bertz CT molecular complexity index is 1560. The Labute approximate surface area is 419 Å². The number of carbonyl (C=O) groups is 2. The van der Waals surface area contributed by atoms with Gasteiger partial charge in [0.05, 0.1) is 43.5 Å². The van der Waals surface area contributed by atoms with Crippen molar-refractivity contribution in [3.05, 3.63) is 36.0 Å². The first-order chi connectivity index (χ1) is 32.3. The lowest BCUT2D eigenvalue weighted by molar-refractivity contribution is -0.150. The zero-order valence-electron chi connectivity index (χ0n) is 46.3. The van der Waals surface area contributed by atoms with Crippen molar-refractivity contribution in [1.29, 1.82) is 0 Å². The van der Waals surface area contributed by atoms with Crippen LogP contribution < -0.4 is 0 Å². The first-order valence-electron chi connectivity index (χ1n) is 27.5. The number of allylic oxidation sites excluding steroid dienone is 2. The molecule has 3 rings (SSSR count). The Morgan fingerprint density at radius 3 is 2.03 bits per heavy atom. The minimum atomic E-state index is -2.05. The Hall–Kier alpha value is -1.63. The highest BCUT2D eigenvalue weighted by Gasteiger charge is 2.51. The second-order valence-corrected chi connectivity index (χ2v) is 35.2. The first kappa shape index (κ1) is 60.7. The van der Waals surface area contributed by atoms with E-state index in [1.54, 1.807) is 4.90 Å². The maximum atomic E-state index is 14.1. The van der Waals surface area contributed by atoms with E-state index in [0.29, 0.717) is 18.9 Å². The van der Waals surface area contributed by atoms with Crippen molar-refractivity contribution in [3.63, 3.8) is 0 Å². The fourth-order valence-electron chi connectivity index (χ4n) is 10.7. The number of hydrogen-bond acceptors (Lipinski definition) is 10. The third kappa shape index (κ3) is 17.8. The van der Waals surface area contributed by atoms with Gasteiger partial charge in [-0.2, -0.15) is 0 Å². The van der Waals surface area contributed by atoms with E-state index in [4.69, 9.17) is 32.2 Å². The summed E-state index contributed by atoms with van der Waals surface area (Å²) >= 11 is 0. The van der Waals surface area contributed by atoms with Crippen molar-refractivity contribution in [2.75, 3.05) is 46.4 Å². The highest BCUT2D eigenvalue weighted by atomic mass is 28.4. The van der Waals surface area contributed by atoms with Crippen molar-refractivity contribution in [3.8, 4) is 0 Å². The van der Waals surface area contributed by atoms with Gasteiger partial charge in [0.2, 0.25) is 0 Å². The molecule has 10 unspecified atom stereocenters. The Morgan fingerprint density at radius 1 is 0.882 bits per heavy atom. The molecule has 0 bridgehead atoms. The number of ether oxygens (including phenoxy) is 4. The van der Waals surface area contributed by atoms with E-state index in [0.717, 1.165) is 112 Å². The van der Waals surface area contributed by atoms with Crippen LogP contribution in [-0.2, 0) is 37.0 Å². The summed E-state index contributed by atoms with van der Waals surface area (Å²) in [4.78, 5) is 31.8. The van der Waals surface area contributed by atoms with Gasteiger partial charge < -0.3 is 37.1 Å². The van der Waals surface area contributed by atoms with Crippen molar-refractivity contribution in [2.24, 2.45) is 17.8 Å². The number of esters is 1. The molecule has 14 heteroatoms. The van der Waals surface area contributed by atoms with Gasteiger partial charge in [0.25, 0.3) is 0 Å². The first-order valence-corrected chi connectivity index (χ1v) is 35.1. The minimum Gasteiger partial charge on any atom is -0.457 e. The predicted molar refractivity (Wildman–Crippen MR) is 288 cm³/mol. The Kier molecular flexibility index (Phi) is 26.0. The van der Waals surface area contributed by atoms with Gasteiger partial charge in [-0.15, -0.1) is 0 Å². The molecular formula is C54H102N2O9Si3. The third-order valence-corrected chi connectivity index (χ3v) is 30.8. The number of rotatable bonds is 27.